The van der Waals surface area contributed by atoms with Crippen LogP contribution in [0.4, 0.5) is 0 Å². The summed E-state index contributed by atoms with van der Waals surface area (Å²) in [7, 11) is -2.87. The van der Waals surface area contributed by atoms with Crippen LogP contribution in [0.3, 0.4) is 0 Å². The Morgan fingerprint density at radius 1 is 1.61 bits per heavy atom. The van der Waals surface area contributed by atoms with Gasteiger partial charge in [0.05, 0.1) is 22.8 Å². The zero-order chi connectivity index (χ0) is 13.2. The predicted octanol–water partition coefficient (Wildman–Crippen LogP) is 1.05. The topological polar surface area (TPSA) is 96.9 Å². The second kappa shape index (κ2) is 5.28. The fraction of sp³-hybridized carbons (Fsp3) is 0.700. The minimum atomic E-state index is -2.87. The number of thioether (sulfide) groups is 1. The summed E-state index contributed by atoms with van der Waals surface area (Å²) in [5, 5.41) is 16.5. The largest absolute Gasteiger partial charge is 0.416 e. The Bertz CT molecular complexity index is 561. The van der Waals surface area contributed by atoms with Gasteiger partial charge in [-0.2, -0.15) is 5.26 Å². The van der Waals surface area contributed by atoms with E-state index in [0.29, 0.717) is 24.0 Å². The monoisotopic (exact) mass is 287 g/mol. The molecule has 1 aliphatic rings. The fourth-order valence-electron chi connectivity index (χ4n) is 1.83. The molecule has 2 atom stereocenters. The van der Waals surface area contributed by atoms with Crippen LogP contribution >= 0.6 is 11.8 Å². The van der Waals surface area contributed by atoms with E-state index in [9.17, 15) is 8.42 Å². The van der Waals surface area contributed by atoms with E-state index in [4.69, 9.17) is 9.68 Å². The Hall–Kier alpha value is -1.07. The third-order valence-electron chi connectivity index (χ3n) is 2.70. The smallest absolute Gasteiger partial charge is 0.277 e. The van der Waals surface area contributed by atoms with Crippen molar-refractivity contribution in [3.8, 4) is 6.07 Å². The van der Waals surface area contributed by atoms with E-state index in [0.717, 1.165) is 0 Å². The zero-order valence-electron chi connectivity index (χ0n) is 9.87. The van der Waals surface area contributed by atoms with E-state index in [1.54, 1.807) is 6.92 Å². The molecule has 1 aromatic rings. The van der Waals surface area contributed by atoms with Crippen LogP contribution in [0.2, 0.25) is 0 Å². The van der Waals surface area contributed by atoms with Gasteiger partial charge in [0.25, 0.3) is 5.22 Å². The molecule has 0 radical (unpaired) electrons. The van der Waals surface area contributed by atoms with Crippen LogP contribution in [0.15, 0.2) is 9.64 Å². The molecule has 1 saturated heterocycles. The van der Waals surface area contributed by atoms with Gasteiger partial charge in [-0.3, -0.25) is 0 Å². The molecule has 1 aliphatic heterocycles. The maximum absolute atomic E-state index is 11.3. The molecule has 0 aromatic carbocycles. The van der Waals surface area contributed by atoms with Crippen LogP contribution in [-0.2, 0) is 16.3 Å². The van der Waals surface area contributed by atoms with Gasteiger partial charge in [-0.1, -0.05) is 0 Å². The summed E-state index contributed by atoms with van der Waals surface area (Å²) in [6.07, 6.45) is 1.15. The Morgan fingerprint density at radius 2 is 2.39 bits per heavy atom. The van der Waals surface area contributed by atoms with Crippen LogP contribution in [0.5, 0.6) is 0 Å². The number of nitriles is 1. The van der Waals surface area contributed by atoms with Gasteiger partial charge in [-0.05, 0) is 31.0 Å². The molecule has 98 valence electrons. The van der Waals surface area contributed by atoms with Crippen LogP contribution < -0.4 is 0 Å². The van der Waals surface area contributed by atoms with E-state index in [1.165, 1.54) is 11.8 Å². The van der Waals surface area contributed by atoms with Crippen LogP contribution in [0.1, 0.15) is 19.2 Å². The SMILES string of the molecule is C[C@@H](C#N)Sc1nnc(C[C@@H]2CCS(=O)(=O)C2)o1. The number of hydrogen-bond acceptors (Lipinski definition) is 7. The quantitative estimate of drug-likeness (QED) is 0.763. The summed E-state index contributed by atoms with van der Waals surface area (Å²) in [4.78, 5) is 0. The lowest BCUT2D eigenvalue weighted by Gasteiger charge is -2.01. The average Bonchev–Trinajstić information content (AvgIpc) is 2.86. The first-order valence-corrected chi connectivity index (χ1v) is 8.27. The summed E-state index contributed by atoms with van der Waals surface area (Å²) in [6, 6.07) is 2.06. The highest BCUT2D eigenvalue weighted by Crippen LogP contribution is 2.25. The molecule has 0 aliphatic carbocycles. The number of hydrogen-bond donors (Lipinski definition) is 0. The molecule has 0 unspecified atom stereocenters. The van der Waals surface area contributed by atoms with Crippen molar-refractivity contribution in [1.82, 2.24) is 10.2 Å². The minimum absolute atomic E-state index is 0.0710. The first kappa shape index (κ1) is 13.4. The van der Waals surface area contributed by atoms with Crippen molar-refractivity contribution in [3.63, 3.8) is 0 Å². The van der Waals surface area contributed by atoms with Gasteiger partial charge in [0.15, 0.2) is 9.84 Å². The van der Waals surface area contributed by atoms with Crippen LogP contribution in [-0.4, -0.2) is 35.4 Å². The molecule has 0 saturated carbocycles. The first-order valence-electron chi connectivity index (χ1n) is 5.57. The number of aromatic nitrogens is 2. The lowest BCUT2D eigenvalue weighted by Crippen LogP contribution is -2.07. The van der Waals surface area contributed by atoms with Gasteiger partial charge in [-0.15, -0.1) is 10.2 Å². The second-order valence-corrected chi connectivity index (χ2v) is 7.84. The second-order valence-electron chi connectivity index (χ2n) is 4.32. The molecule has 8 heteroatoms. The summed E-state index contributed by atoms with van der Waals surface area (Å²) in [6.45, 7) is 1.75. The first-order chi connectivity index (χ1) is 8.48. The number of nitrogens with zero attached hydrogens (tertiary/aromatic N) is 3. The van der Waals surface area contributed by atoms with E-state index >= 15 is 0 Å². The average molecular weight is 287 g/mol. The molecule has 0 amide bonds. The third-order valence-corrected chi connectivity index (χ3v) is 5.36. The molecule has 6 nitrogen and oxygen atoms in total. The molecule has 2 rings (SSSR count). The Kier molecular flexibility index (Phi) is 3.92. The Morgan fingerprint density at radius 3 is 3.00 bits per heavy atom. The lowest BCUT2D eigenvalue weighted by molar-refractivity contribution is 0.389. The normalized spacial score (nSPS) is 23.7. The highest BCUT2D eigenvalue weighted by Gasteiger charge is 2.29. The van der Waals surface area contributed by atoms with Gasteiger partial charge in [0, 0.05) is 6.42 Å². The van der Waals surface area contributed by atoms with Crippen molar-refractivity contribution in [3.05, 3.63) is 5.89 Å². The molecule has 1 fully saturated rings. The highest BCUT2D eigenvalue weighted by molar-refractivity contribution is 7.99. The van der Waals surface area contributed by atoms with Gasteiger partial charge >= 0.3 is 0 Å². The molecule has 18 heavy (non-hydrogen) atoms. The lowest BCUT2D eigenvalue weighted by atomic mass is 10.1. The van der Waals surface area contributed by atoms with E-state index < -0.39 is 9.84 Å². The van der Waals surface area contributed by atoms with Gasteiger partial charge in [-0.25, -0.2) is 8.42 Å². The van der Waals surface area contributed by atoms with E-state index in [-0.39, 0.29) is 22.7 Å². The highest BCUT2D eigenvalue weighted by atomic mass is 32.2. The van der Waals surface area contributed by atoms with Gasteiger partial charge < -0.3 is 4.42 Å². The number of sulfone groups is 1. The molecule has 0 spiro atoms. The third kappa shape index (κ3) is 3.46. The van der Waals surface area contributed by atoms with Crippen molar-refractivity contribution in [1.29, 1.82) is 5.26 Å². The van der Waals surface area contributed by atoms with Crippen LogP contribution in [0, 0.1) is 17.2 Å². The van der Waals surface area contributed by atoms with E-state index in [2.05, 4.69) is 16.3 Å². The minimum Gasteiger partial charge on any atom is -0.416 e. The maximum Gasteiger partial charge on any atom is 0.277 e. The summed E-state index contributed by atoms with van der Waals surface area (Å²) in [5.41, 5.74) is 0. The molecule has 0 bridgehead atoms. The molecule has 0 N–H and O–H groups in total. The van der Waals surface area contributed by atoms with Crippen molar-refractivity contribution in [2.24, 2.45) is 5.92 Å². The van der Waals surface area contributed by atoms with Crippen molar-refractivity contribution < 1.29 is 12.8 Å². The Balaban J connectivity index is 1.93. The summed E-state index contributed by atoms with van der Waals surface area (Å²) in [5.74, 6) is 0.970. The van der Waals surface area contributed by atoms with Crippen molar-refractivity contribution in [2.45, 2.75) is 30.2 Å². The van der Waals surface area contributed by atoms with Crippen molar-refractivity contribution in [2.75, 3.05) is 11.5 Å². The fourth-order valence-corrected chi connectivity index (χ4v) is 4.28. The summed E-state index contributed by atoms with van der Waals surface area (Å²) >= 11 is 1.20. The van der Waals surface area contributed by atoms with Gasteiger partial charge in [0.1, 0.15) is 0 Å². The number of rotatable bonds is 4. The van der Waals surface area contributed by atoms with Crippen molar-refractivity contribution >= 4 is 21.6 Å². The molecule has 2 heterocycles. The molecular weight excluding hydrogens is 274 g/mol. The summed E-state index contributed by atoms with van der Waals surface area (Å²) < 4.78 is 28.0. The van der Waals surface area contributed by atoms with E-state index in [1.807, 2.05) is 0 Å². The van der Waals surface area contributed by atoms with Gasteiger partial charge in [0.2, 0.25) is 5.89 Å². The molecular formula is C10H13N3O3S2. The van der Waals surface area contributed by atoms with Crippen LogP contribution in [0.25, 0.3) is 0 Å². The zero-order valence-corrected chi connectivity index (χ0v) is 11.5. The maximum atomic E-state index is 11.3. The standard InChI is InChI=1S/C10H13N3O3S2/c1-7(5-11)17-10-13-12-9(16-10)4-8-2-3-18(14,15)6-8/h7-8H,2-4,6H2,1H3/t7-,8-/m0/s1. The predicted molar refractivity (Wildman–Crippen MR) is 65.7 cm³/mol. The Labute approximate surface area is 110 Å². The molecule has 1 aromatic heterocycles.